The summed E-state index contributed by atoms with van der Waals surface area (Å²) in [5.41, 5.74) is 0.0410. The van der Waals surface area contributed by atoms with E-state index in [2.05, 4.69) is 25.6 Å². The molecule has 2 aromatic rings. The SMILES string of the molecule is O=C(O)c1ccc(Cl)c(S(=O)(=O)Nc2cccnc2Br)c1. The van der Waals surface area contributed by atoms with Crippen molar-refractivity contribution in [2.45, 2.75) is 4.90 Å². The van der Waals surface area contributed by atoms with Gasteiger partial charge in [0.25, 0.3) is 10.0 Å². The maximum atomic E-state index is 12.3. The van der Waals surface area contributed by atoms with Crippen LogP contribution in [0.5, 0.6) is 0 Å². The first-order valence-electron chi connectivity index (χ1n) is 5.47. The average molecular weight is 392 g/mol. The van der Waals surface area contributed by atoms with Crippen LogP contribution in [0.1, 0.15) is 10.4 Å². The van der Waals surface area contributed by atoms with Gasteiger partial charge in [0.05, 0.1) is 16.3 Å². The van der Waals surface area contributed by atoms with E-state index in [1.807, 2.05) is 0 Å². The van der Waals surface area contributed by atoms with E-state index >= 15 is 0 Å². The van der Waals surface area contributed by atoms with Gasteiger partial charge in [0.2, 0.25) is 0 Å². The van der Waals surface area contributed by atoms with Gasteiger partial charge in [0.1, 0.15) is 9.50 Å². The van der Waals surface area contributed by atoms with Crippen molar-refractivity contribution < 1.29 is 18.3 Å². The normalized spacial score (nSPS) is 11.1. The number of nitrogens with zero attached hydrogens (tertiary/aromatic N) is 1. The molecule has 0 saturated heterocycles. The molecule has 2 rings (SSSR count). The van der Waals surface area contributed by atoms with Crippen molar-refractivity contribution in [2.24, 2.45) is 0 Å². The van der Waals surface area contributed by atoms with Crippen molar-refractivity contribution in [3.63, 3.8) is 0 Å². The van der Waals surface area contributed by atoms with Crippen molar-refractivity contribution >= 4 is 49.2 Å². The zero-order valence-electron chi connectivity index (χ0n) is 10.2. The van der Waals surface area contributed by atoms with E-state index in [4.69, 9.17) is 16.7 Å². The molecule has 0 fully saturated rings. The molecule has 21 heavy (non-hydrogen) atoms. The molecule has 1 heterocycles. The molecule has 0 aliphatic heterocycles. The van der Waals surface area contributed by atoms with E-state index in [0.29, 0.717) is 4.60 Å². The lowest BCUT2D eigenvalue weighted by atomic mass is 10.2. The number of anilines is 1. The lowest BCUT2D eigenvalue weighted by Crippen LogP contribution is -2.15. The second-order valence-electron chi connectivity index (χ2n) is 3.90. The number of carboxylic acid groups (broad SMARTS) is 1. The maximum absolute atomic E-state index is 12.3. The molecule has 0 atom stereocenters. The van der Waals surface area contributed by atoms with Gasteiger partial charge in [0.15, 0.2) is 0 Å². The summed E-state index contributed by atoms with van der Waals surface area (Å²) < 4.78 is 27.2. The molecule has 0 saturated carbocycles. The lowest BCUT2D eigenvalue weighted by molar-refractivity contribution is 0.0696. The van der Waals surface area contributed by atoms with Crippen LogP contribution in [0.4, 0.5) is 5.69 Å². The van der Waals surface area contributed by atoms with E-state index in [0.717, 1.165) is 6.07 Å². The summed E-state index contributed by atoms with van der Waals surface area (Å²) in [6, 6.07) is 6.50. The van der Waals surface area contributed by atoms with Crippen LogP contribution in [0, 0.1) is 0 Å². The summed E-state index contributed by atoms with van der Waals surface area (Å²) in [6.45, 7) is 0. The third kappa shape index (κ3) is 3.52. The molecule has 1 aromatic heterocycles. The number of hydrogen-bond acceptors (Lipinski definition) is 4. The number of pyridine rings is 1. The molecule has 0 unspecified atom stereocenters. The molecule has 9 heteroatoms. The fraction of sp³-hybridized carbons (Fsp3) is 0. The first-order valence-corrected chi connectivity index (χ1v) is 8.13. The second-order valence-corrected chi connectivity index (χ2v) is 6.71. The van der Waals surface area contributed by atoms with Crippen molar-refractivity contribution in [1.82, 2.24) is 4.98 Å². The highest BCUT2D eigenvalue weighted by Gasteiger charge is 2.21. The molecule has 1 aromatic carbocycles. The number of halogens is 2. The number of nitrogens with one attached hydrogen (secondary N) is 1. The van der Waals surface area contributed by atoms with Crippen molar-refractivity contribution in [3.05, 3.63) is 51.7 Å². The molecule has 0 amide bonds. The van der Waals surface area contributed by atoms with Gasteiger partial charge in [-0.05, 0) is 46.3 Å². The molecule has 110 valence electrons. The van der Waals surface area contributed by atoms with Gasteiger partial charge in [-0.1, -0.05) is 11.6 Å². The molecule has 2 N–H and O–H groups in total. The predicted molar refractivity (Wildman–Crippen MR) is 81.2 cm³/mol. The van der Waals surface area contributed by atoms with Crippen LogP contribution in [-0.4, -0.2) is 24.5 Å². The van der Waals surface area contributed by atoms with Gasteiger partial charge in [-0.25, -0.2) is 18.2 Å². The van der Waals surface area contributed by atoms with Gasteiger partial charge in [-0.15, -0.1) is 0 Å². The van der Waals surface area contributed by atoms with Crippen LogP contribution >= 0.6 is 27.5 Å². The number of carboxylic acids is 1. The van der Waals surface area contributed by atoms with Gasteiger partial charge < -0.3 is 5.11 Å². The number of sulfonamides is 1. The largest absolute Gasteiger partial charge is 0.478 e. The van der Waals surface area contributed by atoms with Gasteiger partial charge in [0, 0.05) is 6.20 Å². The minimum atomic E-state index is -4.04. The third-order valence-electron chi connectivity index (χ3n) is 2.47. The Morgan fingerprint density at radius 3 is 2.67 bits per heavy atom. The van der Waals surface area contributed by atoms with Crippen molar-refractivity contribution in [3.8, 4) is 0 Å². The van der Waals surface area contributed by atoms with Crippen LogP contribution in [0.15, 0.2) is 46.0 Å². The number of aromatic carboxylic acids is 1. The molecule has 6 nitrogen and oxygen atoms in total. The van der Waals surface area contributed by atoms with Crippen LogP contribution < -0.4 is 4.72 Å². The van der Waals surface area contributed by atoms with E-state index < -0.39 is 16.0 Å². The Kier molecular flexibility index (Phi) is 4.50. The predicted octanol–water partition coefficient (Wildman–Crippen LogP) is 3.00. The Bertz CT molecular complexity index is 811. The lowest BCUT2D eigenvalue weighted by Gasteiger charge is -2.11. The highest BCUT2D eigenvalue weighted by molar-refractivity contribution is 9.10. The topological polar surface area (TPSA) is 96.4 Å². The van der Waals surface area contributed by atoms with E-state index in [9.17, 15) is 13.2 Å². The Hall–Kier alpha value is -1.64. The molecular weight excluding hydrogens is 384 g/mol. The molecular formula is C12H8BrClN2O4S. The van der Waals surface area contributed by atoms with Gasteiger partial charge >= 0.3 is 5.97 Å². The van der Waals surface area contributed by atoms with E-state index in [1.54, 1.807) is 6.07 Å². The zero-order valence-corrected chi connectivity index (χ0v) is 13.4. The minimum Gasteiger partial charge on any atom is -0.478 e. The fourth-order valence-corrected chi connectivity index (χ4v) is 3.58. The molecule has 0 bridgehead atoms. The van der Waals surface area contributed by atoms with Gasteiger partial charge in [-0.3, -0.25) is 4.72 Å². The molecule has 0 spiro atoms. The quantitative estimate of drug-likeness (QED) is 0.781. The summed E-state index contributed by atoms with van der Waals surface area (Å²) in [5, 5.41) is 8.85. The number of benzene rings is 1. The zero-order chi connectivity index (χ0) is 15.6. The second kappa shape index (κ2) is 6.00. The average Bonchev–Trinajstić information content (AvgIpc) is 2.41. The molecule has 0 aliphatic carbocycles. The van der Waals surface area contributed by atoms with Crippen LogP contribution in [0.3, 0.4) is 0 Å². The minimum absolute atomic E-state index is 0.0764. The van der Waals surface area contributed by atoms with Crippen molar-refractivity contribution in [1.29, 1.82) is 0 Å². The summed E-state index contributed by atoms with van der Waals surface area (Å²) in [4.78, 5) is 14.5. The van der Waals surface area contributed by atoms with E-state index in [-0.39, 0.29) is 21.2 Å². The fourth-order valence-electron chi connectivity index (χ4n) is 1.50. The molecule has 0 radical (unpaired) electrons. The van der Waals surface area contributed by atoms with Gasteiger partial charge in [-0.2, -0.15) is 0 Å². The number of carbonyl (C=O) groups is 1. The first kappa shape index (κ1) is 15.7. The highest BCUT2D eigenvalue weighted by atomic mass is 79.9. The summed E-state index contributed by atoms with van der Waals surface area (Å²) in [7, 11) is -4.04. The third-order valence-corrected chi connectivity index (χ3v) is 4.95. The number of hydrogen-bond donors (Lipinski definition) is 2. The van der Waals surface area contributed by atoms with Crippen LogP contribution in [0.2, 0.25) is 5.02 Å². The number of rotatable bonds is 4. The Labute approximate surface area is 134 Å². The highest BCUT2D eigenvalue weighted by Crippen LogP contribution is 2.27. The molecule has 0 aliphatic rings. The van der Waals surface area contributed by atoms with E-state index in [1.165, 1.54) is 24.4 Å². The number of aromatic nitrogens is 1. The van der Waals surface area contributed by atoms with Crippen LogP contribution in [0.25, 0.3) is 0 Å². The Morgan fingerprint density at radius 2 is 2.05 bits per heavy atom. The smallest absolute Gasteiger partial charge is 0.335 e. The summed E-state index contributed by atoms with van der Waals surface area (Å²) >= 11 is 8.96. The first-order chi connectivity index (χ1) is 9.81. The summed E-state index contributed by atoms with van der Waals surface area (Å²) in [6.07, 6.45) is 1.49. The Morgan fingerprint density at radius 1 is 1.33 bits per heavy atom. The standard InChI is InChI=1S/C12H8BrClN2O4S/c13-11-9(2-1-5-15-11)16-21(19,20)10-6-7(12(17)18)3-4-8(10)14/h1-6,16H,(H,17,18). The van der Waals surface area contributed by atoms with Crippen LogP contribution in [-0.2, 0) is 10.0 Å². The Balaban J connectivity index is 2.47. The summed E-state index contributed by atoms with van der Waals surface area (Å²) in [5.74, 6) is -1.24. The maximum Gasteiger partial charge on any atom is 0.335 e. The monoisotopic (exact) mass is 390 g/mol. The van der Waals surface area contributed by atoms with Crippen molar-refractivity contribution in [2.75, 3.05) is 4.72 Å².